The van der Waals surface area contributed by atoms with Gasteiger partial charge < -0.3 is 26.0 Å². The van der Waals surface area contributed by atoms with E-state index in [2.05, 4.69) is 31.3 Å². The first-order valence-corrected chi connectivity index (χ1v) is 14.0. The van der Waals surface area contributed by atoms with Gasteiger partial charge in [-0.05, 0) is 54.0 Å². The van der Waals surface area contributed by atoms with Crippen LogP contribution in [0.25, 0.3) is 10.4 Å². The van der Waals surface area contributed by atoms with Crippen LogP contribution in [0.3, 0.4) is 0 Å². The second kappa shape index (κ2) is 15.8. The molecule has 2 aromatic rings. The number of nitrogens with zero attached hydrogens (tertiary/aromatic N) is 3. The van der Waals surface area contributed by atoms with Gasteiger partial charge in [0.25, 0.3) is 0 Å². The van der Waals surface area contributed by atoms with Gasteiger partial charge in [-0.2, -0.15) is 13.2 Å². The van der Waals surface area contributed by atoms with E-state index < -0.39 is 53.5 Å². The molecule has 0 radical (unpaired) electrons. The van der Waals surface area contributed by atoms with Gasteiger partial charge in [0.05, 0.1) is 18.2 Å². The predicted molar refractivity (Wildman–Crippen MR) is 153 cm³/mol. The Bertz CT molecular complexity index is 1310. The van der Waals surface area contributed by atoms with E-state index in [1.807, 2.05) is 18.2 Å². The monoisotopic (exact) mass is 603 g/mol. The van der Waals surface area contributed by atoms with Gasteiger partial charge >= 0.3 is 6.18 Å². The smallest absolute Gasteiger partial charge is 0.416 e. The number of fused-ring (bicyclic) bond motifs is 1. The summed E-state index contributed by atoms with van der Waals surface area (Å²) in [5.41, 5.74) is 9.12. The number of aryl methyl sites for hydroxylation is 1. The van der Waals surface area contributed by atoms with Gasteiger partial charge in [-0.1, -0.05) is 55.4 Å². The molecule has 0 fully saturated rings. The van der Waals surface area contributed by atoms with E-state index in [0.29, 0.717) is 25.1 Å². The fourth-order valence-corrected chi connectivity index (χ4v) is 4.59. The molecule has 0 spiro atoms. The number of hydrogen-bond donors (Lipinski definition) is 4. The fraction of sp³-hybridized carbons (Fsp3) is 0.483. The van der Waals surface area contributed by atoms with Crippen LogP contribution in [-0.4, -0.2) is 62.1 Å². The Labute approximate surface area is 247 Å². The SMILES string of the molecule is CC(C)[C@H]1NC(=O)[C@@H](Cc2cccc(C(F)(F)F)c2)NCCOc2ccccc2CCCNC(=O)[C@H](CN=[N+]=[N-])NC1=O. The fourth-order valence-electron chi connectivity index (χ4n) is 4.59. The number of benzene rings is 2. The zero-order valence-electron chi connectivity index (χ0n) is 24.0. The molecule has 1 heterocycles. The van der Waals surface area contributed by atoms with Crippen LogP contribution >= 0.6 is 0 Å². The molecule has 1 aliphatic heterocycles. The van der Waals surface area contributed by atoms with E-state index in [9.17, 15) is 27.6 Å². The lowest BCUT2D eigenvalue weighted by Crippen LogP contribution is -2.59. The van der Waals surface area contributed by atoms with Crippen LogP contribution in [0.5, 0.6) is 5.75 Å². The van der Waals surface area contributed by atoms with E-state index in [4.69, 9.17) is 10.3 Å². The molecule has 43 heavy (non-hydrogen) atoms. The van der Waals surface area contributed by atoms with Gasteiger partial charge in [-0.25, -0.2) is 0 Å². The van der Waals surface area contributed by atoms with Crippen molar-refractivity contribution in [1.29, 1.82) is 0 Å². The largest absolute Gasteiger partial charge is 0.492 e. The summed E-state index contributed by atoms with van der Waals surface area (Å²) < 4.78 is 46.0. The van der Waals surface area contributed by atoms with Gasteiger partial charge in [-0.3, -0.25) is 14.4 Å². The Balaban J connectivity index is 1.91. The first-order chi connectivity index (χ1) is 20.5. The van der Waals surface area contributed by atoms with Crippen molar-refractivity contribution in [3.05, 3.63) is 75.7 Å². The van der Waals surface area contributed by atoms with Gasteiger partial charge in [0, 0.05) is 18.0 Å². The van der Waals surface area contributed by atoms with Crippen LogP contribution in [0.15, 0.2) is 53.6 Å². The highest BCUT2D eigenvalue weighted by atomic mass is 19.4. The van der Waals surface area contributed by atoms with Crippen LogP contribution in [0.2, 0.25) is 0 Å². The Morgan fingerprint density at radius 2 is 1.77 bits per heavy atom. The van der Waals surface area contributed by atoms with Crippen LogP contribution < -0.4 is 26.0 Å². The maximum Gasteiger partial charge on any atom is 0.416 e. The summed E-state index contributed by atoms with van der Waals surface area (Å²) in [6.45, 7) is 3.69. The summed E-state index contributed by atoms with van der Waals surface area (Å²) >= 11 is 0. The van der Waals surface area contributed by atoms with Crippen molar-refractivity contribution in [2.75, 3.05) is 26.2 Å². The number of alkyl halides is 3. The number of carbonyl (C=O) groups excluding carboxylic acids is 3. The summed E-state index contributed by atoms with van der Waals surface area (Å²) in [6, 6.07) is 8.78. The lowest BCUT2D eigenvalue weighted by atomic mass is 9.99. The molecule has 1 aliphatic rings. The molecule has 232 valence electrons. The zero-order chi connectivity index (χ0) is 31.4. The molecule has 0 aromatic heterocycles. The summed E-state index contributed by atoms with van der Waals surface area (Å²) in [5, 5.41) is 14.5. The van der Waals surface area contributed by atoms with Crippen molar-refractivity contribution >= 4 is 17.7 Å². The van der Waals surface area contributed by atoms with Gasteiger partial charge in [0.1, 0.15) is 24.4 Å². The van der Waals surface area contributed by atoms with Crippen molar-refractivity contribution in [2.24, 2.45) is 11.0 Å². The summed E-state index contributed by atoms with van der Waals surface area (Å²) in [4.78, 5) is 42.3. The molecule has 2 aromatic carbocycles. The zero-order valence-corrected chi connectivity index (χ0v) is 24.0. The average molecular weight is 604 g/mol. The quantitative estimate of drug-likeness (QED) is 0.234. The first kappa shape index (κ1) is 33.2. The molecule has 0 saturated heterocycles. The van der Waals surface area contributed by atoms with E-state index in [0.717, 1.165) is 17.7 Å². The molecule has 0 aliphatic carbocycles. The van der Waals surface area contributed by atoms with Crippen LogP contribution in [0.4, 0.5) is 13.2 Å². The summed E-state index contributed by atoms with van der Waals surface area (Å²) in [7, 11) is 0. The second-order valence-corrected chi connectivity index (χ2v) is 10.5. The number of ether oxygens (including phenoxy) is 1. The number of nitrogens with one attached hydrogen (secondary N) is 4. The standard InChI is InChI=1S/C29H36F3N7O4/c1-18(2)25-28(42)37-23(17-36-39-33)26(40)35-12-6-9-20-8-3-4-11-24(20)43-14-13-34-22(27(41)38-25)16-19-7-5-10-21(15-19)29(30,31)32/h3-5,7-8,10-11,15,18,22-23,25,34H,6,9,12-14,16-17H2,1-2H3,(H,35,40)(H,37,42)(H,38,41)/t22-,23+,25-/m1/s1. The van der Waals surface area contributed by atoms with E-state index in [-0.39, 0.29) is 31.7 Å². The number of halogens is 3. The summed E-state index contributed by atoms with van der Waals surface area (Å²) in [5.74, 6) is -1.64. The Hall–Kier alpha value is -4.29. The van der Waals surface area contributed by atoms with Gasteiger partial charge in [0.2, 0.25) is 17.7 Å². The minimum absolute atomic E-state index is 0.0965. The minimum atomic E-state index is -4.55. The molecule has 3 amide bonds. The van der Waals surface area contributed by atoms with Gasteiger partial charge in [0.15, 0.2) is 0 Å². The number of amides is 3. The third-order valence-electron chi connectivity index (χ3n) is 6.86. The normalized spacial score (nSPS) is 21.2. The van der Waals surface area contributed by atoms with Crippen LogP contribution in [0.1, 0.15) is 37.0 Å². The maximum absolute atomic E-state index is 13.5. The van der Waals surface area contributed by atoms with Crippen LogP contribution in [0, 0.1) is 5.92 Å². The number of rotatable bonds is 5. The Morgan fingerprint density at radius 1 is 1.00 bits per heavy atom. The second-order valence-electron chi connectivity index (χ2n) is 10.5. The van der Waals surface area contributed by atoms with E-state index in [1.54, 1.807) is 19.9 Å². The highest BCUT2D eigenvalue weighted by Gasteiger charge is 2.33. The number of para-hydroxylation sites is 1. The van der Waals surface area contributed by atoms with Crippen molar-refractivity contribution in [2.45, 2.75) is 57.4 Å². The molecular formula is C29H36F3N7O4. The average Bonchev–Trinajstić information content (AvgIpc) is 2.97. The molecule has 0 saturated carbocycles. The molecule has 3 rings (SSSR count). The number of azide groups is 1. The van der Waals surface area contributed by atoms with Crippen LogP contribution in [-0.2, 0) is 33.4 Å². The third kappa shape index (κ3) is 10.2. The highest BCUT2D eigenvalue weighted by Crippen LogP contribution is 2.29. The number of carbonyl (C=O) groups is 3. The molecule has 0 unspecified atom stereocenters. The maximum atomic E-state index is 13.5. The van der Waals surface area contributed by atoms with Crippen molar-refractivity contribution in [3.63, 3.8) is 0 Å². The third-order valence-corrected chi connectivity index (χ3v) is 6.86. The lowest BCUT2D eigenvalue weighted by Gasteiger charge is -2.27. The molecule has 4 N–H and O–H groups in total. The number of hydrogen-bond acceptors (Lipinski definition) is 6. The molecule has 14 heteroatoms. The summed E-state index contributed by atoms with van der Waals surface area (Å²) in [6.07, 6.45) is -3.51. The topological polar surface area (TPSA) is 157 Å². The van der Waals surface area contributed by atoms with Gasteiger partial charge in [-0.15, -0.1) is 0 Å². The van der Waals surface area contributed by atoms with E-state index in [1.165, 1.54) is 12.1 Å². The van der Waals surface area contributed by atoms with E-state index >= 15 is 0 Å². The Kier molecular flexibility index (Phi) is 12.2. The molecule has 3 atom stereocenters. The van der Waals surface area contributed by atoms with Crippen molar-refractivity contribution < 1.29 is 32.3 Å². The molecule has 11 nitrogen and oxygen atoms in total. The first-order valence-electron chi connectivity index (χ1n) is 14.0. The molecular weight excluding hydrogens is 567 g/mol. The highest BCUT2D eigenvalue weighted by molar-refractivity contribution is 5.93. The minimum Gasteiger partial charge on any atom is -0.492 e. The predicted octanol–water partition coefficient (Wildman–Crippen LogP) is 3.28. The molecule has 0 bridgehead atoms. The Morgan fingerprint density at radius 3 is 2.49 bits per heavy atom. The lowest BCUT2D eigenvalue weighted by molar-refractivity contribution is -0.137. The van der Waals surface area contributed by atoms with Crippen molar-refractivity contribution in [1.82, 2.24) is 21.3 Å². The van der Waals surface area contributed by atoms with Crippen molar-refractivity contribution in [3.8, 4) is 5.75 Å².